The molecule has 0 fully saturated rings. The quantitative estimate of drug-likeness (QED) is 0.295. The zero-order chi connectivity index (χ0) is 24.9. The highest BCUT2D eigenvalue weighted by Crippen LogP contribution is 2.33. The molecule has 186 valence electrons. The number of aliphatic carboxylic acids is 1. The summed E-state index contributed by atoms with van der Waals surface area (Å²) in [5.41, 5.74) is 8.13. The Labute approximate surface area is 214 Å². The van der Waals surface area contributed by atoms with Crippen molar-refractivity contribution in [3.63, 3.8) is 0 Å². The van der Waals surface area contributed by atoms with Gasteiger partial charge < -0.3 is 16.2 Å². The summed E-state index contributed by atoms with van der Waals surface area (Å²) in [4.78, 5) is 25.7. The van der Waals surface area contributed by atoms with Crippen LogP contribution in [0, 0.1) is 0 Å². The molecule has 12 heteroatoms. The topological polar surface area (TPSA) is 161 Å². The maximum atomic E-state index is 13.8. The fraction of sp³-hybridized carbons (Fsp3) is 0.125. The SMILES string of the molecule is Cl.NC(Cc1ccc(-c2ncccn2)cc1)(c1cccc(NCC(=O)O)n1)S(=O)(=O)c1ccccn1. The molecule has 1 atom stereocenters. The van der Waals surface area contributed by atoms with Gasteiger partial charge in [-0.1, -0.05) is 36.4 Å². The third-order valence-electron chi connectivity index (χ3n) is 5.24. The molecular weight excluding hydrogens is 504 g/mol. The largest absolute Gasteiger partial charge is 0.480 e. The number of nitrogens with two attached hydrogens (primary N) is 1. The second kappa shape index (κ2) is 11.2. The van der Waals surface area contributed by atoms with Gasteiger partial charge in [0.25, 0.3) is 0 Å². The number of carboxylic acids is 1. The molecule has 4 aromatic rings. The predicted molar refractivity (Wildman–Crippen MR) is 136 cm³/mol. The number of nitrogens with zero attached hydrogens (tertiary/aromatic N) is 4. The Morgan fingerprint density at radius 2 is 1.61 bits per heavy atom. The van der Waals surface area contributed by atoms with Crippen LogP contribution < -0.4 is 11.1 Å². The van der Waals surface area contributed by atoms with E-state index >= 15 is 0 Å². The Hall–Kier alpha value is -3.93. The van der Waals surface area contributed by atoms with Crippen LogP contribution in [-0.4, -0.2) is 46.0 Å². The first-order valence-electron chi connectivity index (χ1n) is 10.5. The third kappa shape index (κ3) is 5.65. The van der Waals surface area contributed by atoms with Gasteiger partial charge in [-0.15, -0.1) is 12.4 Å². The summed E-state index contributed by atoms with van der Waals surface area (Å²) in [5, 5.41) is 11.4. The second-order valence-electron chi connectivity index (χ2n) is 7.66. The van der Waals surface area contributed by atoms with Crippen molar-refractivity contribution in [3.8, 4) is 11.4 Å². The monoisotopic (exact) mass is 526 g/mol. The molecule has 10 nitrogen and oxygen atoms in total. The minimum atomic E-state index is -4.23. The summed E-state index contributed by atoms with van der Waals surface area (Å²) in [7, 11) is -4.23. The maximum Gasteiger partial charge on any atom is 0.322 e. The molecule has 0 radical (unpaired) electrons. The van der Waals surface area contributed by atoms with E-state index in [1.54, 1.807) is 60.9 Å². The van der Waals surface area contributed by atoms with Gasteiger partial charge in [-0.05, 0) is 35.9 Å². The number of carboxylic acid groups (broad SMARTS) is 1. The number of benzene rings is 1. The summed E-state index contributed by atoms with van der Waals surface area (Å²) in [6.07, 6.45) is 4.53. The van der Waals surface area contributed by atoms with Gasteiger partial charge in [0.15, 0.2) is 15.7 Å². The molecule has 0 saturated carbocycles. The average molecular weight is 527 g/mol. The van der Waals surface area contributed by atoms with Crippen molar-refractivity contribution in [1.29, 1.82) is 0 Å². The Balaban J connectivity index is 0.00000361. The zero-order valence-corrected chi connectivity index (χ0v) is 20.5. The van der Waals surface area contributed by atoms with Gasteiger partial charge in [0.1, 0.15) is 12.4 Å². The van der Waals surface area contributed by atoms with Crippen LogP contribution in [0.25, 0.3) is 11.4 Å². The highest BCUT2D eigenvalue weighted by Gasteiger charge is 2.45. The van der Waals surface area contributed by atoms with Crippen molar-refractivity contribution < 1.29 is 18.3 Å². The highest BCUT2D eigenvalue weighted by molar-refractivity contribution is 7.92. The molecular formula is C24H23ClN6O4S. The lowest BCUT2D eigenvalue weighted by Crippen LogP contribution is -2.47. The van der Waals surface area contributed by atoms with Crippen molar-refractivity contribution >= 4 is 34.0 Å². The number of carbonyl (C=O) groups is 1. The average Bonchev–Trinajstić information content (AvgIpc) is 2.89. The molecule has 3 heterocycles. The predicted octanol–water partition coefficient (Wildman–Crippen LogP) is 2.68. The Morgan fingerprint density at radius 1 is 0.917 bits per heavy atom. The molecule has 36 heavy (non-hydrogen) atoms. The third-order valence-corrected chi connectivity index (χ3v) is 7.35. The Morgan fingerprint density at radius 3 is 2.25 bits per heavy atom. The van der Waals surface area contributed by atoms with Gasteiger partial charge in [-0.2, -0.15) is 0 Å². The normalized spacial score (nSPS) is 12.7. The van der Waals surface area contributed by atoms with Crippen molar-refractivity contribution in [2.45, 2.75) is 16.3 Å². The number of nitrogens with one attached hydrogen (secondary N) is 1. The fourth-order valence-electron chi connectivity index (χ4n) is 3.47. The smallest absolute Gasteiger partial charge is 0.322 e. The number of pyridine rings is 2. The molecule has 0 aliphatic rings. The summed E-state index contributed by atoms with van der Waals surface area (Å²) in [6, 6.07) is 18.0. The van der Waals surface area contributed by atoms with E-state index in [4.69, 9.17) is 10.8 Å². The van der Waals surface area contributed by atoms with Gasteiger partial charge in [0.05, 0.1) is 5.69 Å². The lowest BCUT2D eigenvalue weighted by atomic mass is 10.0. The first-order valence-corrected chi connectivity index (χ1v) is 12.0. The number of hydrogen-bond donors (Lipinski definition) is 3. The van der Waals surface area contributed by atoms with Gasteiger partial charge >= 0.3 is 5.97 Å². The minimum absolute atomic E-state index is 0. The lowest BCUT2D eigenvalue weighted by Gasteiger charge is -2.29. The molecule has 0 saturated heterocycles. The minimum Gasteiger partial charge on any atom is -0.480 e. The van der Waals surface area contributed by atoms with E-state index in [1.807, 2.05) is 0 Å². The number of halogens is 1. The fourth-order valence-corrected chi connectivity index (χ4v) is 5.05. The van der Waals surface area contributed by atoms with Crippen molar-refractivity contribution in [1.82, 2.24) is 19.9 Å². The summed E-state index contributed by atoms with van der Waals surface area (Å²) >= 11 is 0. The van der Waals surface area contributed by atoms with Crippen LogP contribution in [0.1, 0.15) is 11.3 Å². The van der Waals surface area contributed by atoms with Gasteiger partial charge in [-0.3, -0.25) is 4.79 Å². The van der Waals surface area contributed by atoms with Gasteiger partial charge in [-0.25, -0.2) is 28.4 Å². The number of rotatable bonds is 9. The number of aromatic nitrogens is 4. The molecule has 1 unspecified atom stereocenters. The molecule has 4 rings (SSSR count). The van der Waals surface area contributed by atoms with Crippen LogP contribution >= 0.6 is 12.4 Å². The molecule has 0 bridgehead atoms. The van der Waals surface area contributed by atoms with E-state index in [-0.39, 0.29) is 41.9 Å². The first-order chi connectivity index (χ1) is 16.8. The van der Waals surface area contributed by atoms with E-state index in [0.29, 0.717) is 11.4 Å². The zero-order valence-electron chi connectivity index (χ0n) is 18.9. The second-order valence-corrected chi connectivity index (χ2v) is 9.82. The van der Waals surface area contributed by atoms with Gasteiger partial charge in [0, 0.05) is 30.6 Å². The van der Waals surface area contributed by atoms with Crippen LogP contribution in [0.4, 0.5) is 5.82 Å². The van der Waals surface area contributed by atoms with Crippen molar-refractivity contribution in [2.75, 3.05) is 11.9 Å². The first kappa shape index (κ1) is 26.7. The van der Waals surface area contributed by atoms with Crippen LogP contribution in [0.2, 0.25) is 0 Å². The van der Waals surface area contributed by atoms with Crippen molar-refractivity contribution in [2.24, 2.45) is 5.73 Å². The molecule has 0 amide bonds. The molecule has 1 aromatic carbocycles. The van der Waals surface area contributed by atoms with E-state index < -0.39 is 20.7 Å². The number of sulfone groups is 1. The van der Waals surface area contributed by atoms with Crippen LogP contribution in [-0.2, 0) is 25.9 Å². The maximum absolute atomic E-state index is 13.8. The van der Waals surface area contributed by atoms with Gasteiger partial charge in [0.2, 0.25) is 9.84 Å². The molecule has 3 aromatic heterocycles. The summed E-state index contributed by atoms with van der Waals surface area (Å²) < 4.78 is 27.5. The van der Waals surface area contributed by atoms with E-state index in [0.717, 1.165) is 5.56 Å². The molecule has 0 aliphatic carbocycles. The summed E-state index contributed by atoms with van der Waals surface area (Å²) in [5.74, 6) is -0.356. The Kier molecular flexibility index (Phi) is 8.30. The lowest BCUT2D eigenvalue weighted by molar-refractivity contribution is -0.134. The number of hydrogen-bond acceptors (Lipinski definition) is 9. The highest BCUT2D eigenvalue weighted by atomic mass is 35.5. The van der Waals surface area contributed by atoms with Crippen LogP contribution in [0.3, 0.4) is 0 Å². The Bertz CT molecular complexity index is 1420. The van der Waals surface area contributed by atoms with Crippen molar-refractivity contribution in [3.05, 3.63) is 96.6 Å². The molecule has 0 aliphatic heterocycles. The van der Waals surface area contributed by atoms with Crippen LogP contribution in [0.15, 0.2) is 90.3 Å². The summed E-state index contributed by atoms with van der Waals surface area (Å²) in [6.45, 7) is -0.385. The van der Waals surface area contributed by atoms with Crippen LogP contribution in [0.5, 0.6) is 0 Å². The molecule has 4 N–H and O–H groups in total. The van der Waals surface area contributed by atoms with E-state index in [1.165, 1.54) is 24.4 Å². The van der Waals surface area contributed by atoms with E-state index in [9.17, 15) is 13.2 Å². The molecule has 0 spiro atoms. The van der Waals surface area contributed by atoms with E-state index in [2.05, 4.69) is 25.3 Å². The standard InChI is InChI=1S/C24H22N6O4S.ClH/c25-24(35(33,34)21-7-1-2-12-26-21,19-5-3-6-20(30-19)29-16-22(31)32)15-17-8-10-18(11-9-17)23-27-13-4-14-28-23;/h1-14H,15-16,25H2,(H,29,30)(H,31,32);1H. The number of anilines is 1.